The Morgan fingerprint density at radius 3 is 2.62 bits per heavy atom. The van der Waals surface area contributed by atoms with E-state index in [2.05, 4.69) is 32.1 Å². The number of methoxy groups -OCH3 is 1. The molecule has 0 spiro atoms. The molecule has 0 bridgehead atoms. The van der Waals surface area contributed by atoms with Crippen molar-refractivity contribution in [2.24, 2.45) is 0 Å². The second kappa shape index (κ2) is 9.16. The molecule has 0 radical (unpaired) electrons. The number of hydrogen-bond donors (Lipinski definition) is 3. The van der Waals surface area contributed by atoms with E-state index in [0.29, 0.717) is 21.5 Å². The van der Waals surface area contributed by atoms with E-state index in [1.165, 1.54) is 19.3 Å². The number of nitrogens with one attached hydrogen (secondary N) is 3. The van der Waals surface area contributed by atoms with Gasteiger partial charge in [0.15, 0.2) is 5.11 Å². The van der Waals surface area contributed by atoms with E-state index in [1.807, 2.05) is 0 Å². The molecule has 136 valence electrons. The predicted octanol–water partition coefficient (Wildman–Crippen LogP) is 2.71. The number of halogens is 1. The van der Waals surface area contributed by atoms with Crippen molar-refractivity contribution < 1.29 is 18.7 Å². The maximum Gasteiger partial charge on any atom is 0.269 e. The minimum Gasteiger partial charge on any atom is -0.496 e. The van der Waals surface area contributed by atoms with Crippen LogP contribution in [0.25, 0.3) is 6.08 Å². The Bertz CT molecular complexity index is 863. The van der Waals surface area contributed by atoms with Crippen molar-refractivity contribution in [3.63, 3.8) is 0 Å². The number of hydrazine groups is 1. The molecule has 2 amide bonds. The molecule has 0 aliphatic carbocycles. The highest BCUT2D eigenvalue weighted by atomic mass is 79.9. The Morgan fingerprint density at radius 1 is 1.23 bits per heavy atom. The molecule has 3 N–H and O–H groups in total. The molecule has 2 aromatic rings. The third-order valence-corrected chi connectivity index (χ3v) is 3.92. The fourth-order valence-electron chi connectivity index (χ4n) is 1.88. The van der Waals surface area contributed by atoms with Crippen LogP contribution in [0.5, 0.6) is 5.75 Å². The second-order valence-electron chi connectivity index (χ2n) is 5.03. The average Bonchev–Trinajstić information content (AvgIpc) is 3.03. The van der Waals surface area contributed by atoms with Gasteiger partial charge in [0.1, 0.15) is 17.3 Å². The standard InChI is InChI=1S/C17H16BrN3O4S/c1-10-3-5-12(25-10)6-8-15(22)19-17(26)21-20-16(23)11-4-7-14(24-2)13(18)9-11/h3-9H,1-2H3,(H,20,23)(H2,19,21,22,26)/b8-6+. The zero-order valence-electron chi connectivity index (χ0n) is 14.0. The smallest absolute Gasteiger partial charge is 0.269 e. The number of benzene rings is 1. The summed E-state index contributed by atoms with van der Waals surface area (Å²) in [5.74, 6) is 1.02. The van der Waals surface area contributed by atoms with Crippen LogP contribution in [-0.4, -0.2) is 24.0 Å². The van der Waals surface area contributed by atoms with Crippen molar-refractivity contribution in [2.75, 3.05) is 7.11 Å². The van der Waals surface area contributed by atoms with Crippen molar-refractivity contribution in [3.8, 4) is 5.75 Å². The van der Waals surface area contributed by atoms with Gasteiger partial charge in [0.05, 0.1) is 11.6 Å². The van der Waals surface area contributed by atoms with Gasteiger partial charge in [0.25, 0.3) is 5.91 Å². The maximum atomic E-state index is 12.1. The Kier molecular flexibility index (Phi) is 6.93. The Balaban J connectivity index is 1.82. The third-order valence-electron chi connectivity index (χ3n) is 3.10. The summed E-state index contributed by atoms with van der Waals surface area (Å²) in [7, 11) is 1.53. The molecular weight excluding hydrogens is 422 g/mol. The van der Waals surface area contributed by atoms with Gasteiger partial charge in [-0.2, -0.15) is 0 Å². The molecule has 26 heavy (non-hydrogen) atoms. The molecule has 0 aliphatic heterocycles. The van der Waals surface area contributed by atoms with Crippen molar-refractivity contribution in [3.05, 3.63) is 58.0 Å². The highest BCUT2D eigenvalue weighted by molar-refractivity contribution is 9.10. The van der Waals surface area contributed by atoms with Gasteiger partial charge in [-0.3, -0.25) is 25.8 Å². The zero-order chi connectivity index (χ0) is 19.1. The first kappa shape index (κ1) is 19.7. The molecule has 1 heterocycles. The molecule has 9 heteroatoms. The molecule has 0 aliphatic rings. The van der Waals surface area contributed by atoms with Gasteiger partial charge in [-0.25, -0.2) is 0 Å². The van der Waals surface area contributed by atoms with Crippen molar-refractivity contribution in [1.82, 2.24) is 16.2 Å². The number of aryl methyl sites for hydroxylation is 1. The van der Waals surface area contributed by atoms with Gasteiger partial charge in [0.2, 0.25) is 5.91 Å². The van der Waals surface area contributed by atoms with Crippen molar-refractivity contribution >= 4 is 51.2 Å². The van der Waals surface area contributed by atoms with E-state index in [1.54, 1.807) is 37.3 Å². The van der Waals surface area contributed by atoms with E-state index < -0.39 is 11.8 Å². The first-order valence-corrected chi connectivity index (χ1v) is 8.58. The quantitative estimate of drug-likeness (QED) is 0.386. The minimum atomic E-state index is -0.460. The number of hydrogen-bond acceptors (Lipinski definition) is 5. The van der Waals surface area contributed by atoms with Crippen LogP contribution in [-0.2, 0) is 4.79 Å². The Morgan fingerprint density at radius 2 is 2.00 bits per heavy atom. The van der Waals surface area contributed by atoms with E-state index in [4.69, 9.17) is 21.4 Å². The van der Waals surface area contributed by atoms with Gasteiger partial charge < -0.3 is 9.15 Å². The minimum absolute atomic E-state index is 0.0452. The molecule has 7 nitrogen and oxygen atoms in total. The zero-order valence-corrected chi connectivity index (χ0v) is 16.4. The fraction of sp³-hybridized carbons (Fsp3) is 0.118. The van der Waals surface area contributed by atoms with Gasteiger partial charge in [-0.05, 0) is 71.5 Å². The van der Waals surface area contributed by atoms with Crippen LogP contribution in [0.4, 0.5) is 0 Å². The van der Waals surface area contributed by atoms with Crippen molar-refractivity contribution in [2.45, 2.75) is 6.92 Å². The van der Waals surface area contributed by atoms with Crippen LogP contribution in [0, 0.1) is 6.92 Å². The molecule has 2 rings (SSSR count). The lowest BCUT2D eigenvalue weighted by Crippen LogP contribution is -2.48. The van der Waals surface area contributed by atoms with Gasteiger partial charge in [-0.1, -0.05) is 0 Å². The summed E-state index contributed by atoms with van der Waals surface area (Å²) in [6.45, 7) is 1.81. The summed E-state index contributed by atoms with van der Waals surface area (Å²) < 4.78 is 11.1. The first-order chi connectivity index (χ1) is 12.4. The van der Waals surface area contributed by atoms with Gasteiger partial charge >= 0.3 is 0 Å². The van der Waals surface area contributed by atoms with Crippen LogP contribution in [0.1, 0.15) is 21.9 Å². The van der Waals surface area contributed by atoms with Crippen LogP contribution in [0.2, 0.25) is 0 Å². The second-order valence-corrected chi connectivity index (χ2v) is 6.29. The van der Waals surface area contributed by atoms with E-state index in [9.17, 15) is 9.59 Å². The number of ether oxygens (including phenoxy) is 1. The van der Waals surface area contributed by atoms with Gasteiger partial charge in [-0.15, -0.1) is 0 Å². The molecule has 0 unspecified atom stereocenters. The third kappa shape index (κ3) is 5.71. The number of thiocarbonyl (C=S) groups is 1. The van der Waals surface area contributed by atoms with Gasteiger partial charge in [0, 0.05) is 11.6 Å². The van der Waals surface area contributed by atoms with Crippen LogP contribution in [0.3, 0.4) is 0 Å². The summed E-state index contributed by atoms with van der Waals surface area (Å²) in [4.78, 5) is 23.8. The highest BCUT2D eigenvalue weighted by Gasteiger charge is 2.09. The number of carbonyl (C=O) groups excluding carboxylic acids is 2. The molecule has 1 aromatic heterocycles. The van der Waals surface area contributed by atoms with Crippen molar-refractivity contribution in [1.29, 1.82) is 0 Å². The molecule has 0 atom stereocenters. The fourth-order valence-corrected chi connectivity index (χ4v) is 2.57. The lowest BCUT2D eigenvalue weighted by molar-refractivity contribution is -0.115. The number of furan rings is 1. The maximum absolute atomic E-state index is 12.1. The molecule has 0 saturated heterocycles. The van der Waals surface area contributed by atoms with E-state index >= 15 is 0 Å². The summed E-state index contributed by atoms with van der Waals surface area (Å²) in [5, 5.41) is 2.36. The number of amides is 2. The summed E-state index contributed by atoms with van der Waals surface area (Å²) >= 11 is 8.26. The number of carbonyl (C=O) groups is 2. The van der Waals surface area contributed by atoms with Crippen LogP contribution in [0.15, 0.2) is 45.3 Å². The predicted molar refractivity (Wildman–Crippen MR) is 105 cm³/mol. The monoisotopic (exact) mass is 437 g/mol. The lowest BCUT2D eigenvalue weighted by atomic mass is 10.2. The molecular formula is C17H16BrN3O4S. The molecule has 0 saturated carbocycles. The Hall–Kier alpha value is -2.65. The number of rotatable bonds is 4. The SMILES string of the molecule is COc1ccc(C(=O)NNC(=S)NC(=O)/C=C/c2ccc(C)o2)cc1Br. The Labute approximate surface area is 163 Å². The largest absolute Gasteiger partial charge is 0.496 e. The van der Waals surface area contributed by atoms with Crippen LogP contribution < -0.4 is 20.9 Å². The highest BCUT2D eigenvalue weighted by Crippen LogP contribution is 2.25. The topological polar surface area (TPSA) is 92.6 Å². The van der Waals surface area contributed by atoms with E-state index in [0.717, 1.165) is 5.76 Å². The normalized spacial score (nSPS) is 10.4. The molecule has 1 aromatic carbocycles. The summed E-state index contributed by atoms with van der Waals surface area (Å²) in [6, 6.07) is 8.38. The lowest BCUT2D eigenvalue weighted by Gasteiger charge is -2.10. The van der Waals surface area contributed by atoms with Crippen LogP contribution >= 0.6 is 28.1 Å². The summed E-state index contributed by atoms with van der Waals surface area (Å²) in [6.07, 6.45) is 2.78. The van der Waals surface area contributed by atoms with E-state index in [-0.39, 0.29) is 5.11 Å². The molecule has 0 fully saturated rings. The first-order valence-electron chi connectivity index (χ1n) is 7.38. The average molecular weight is 438 g/mol. The summed E-state index contributed by atoms with van der Waals surface area (Å²) in [5.41, 5.74) is 5.24.